The van der Waals surface area contributed by atoms with Crippen LogP contribution in [0.3, 0.4) is 0 Å². The first-order valence-electron chi connectivity index (χ1n) is 16.9. The SMILES string of the molecule is CCOC(=O)N(CCc1cccs1)CC1(O)CCC2C34C=CC5(C=C3C(=O)c3ccccc3)CC(O)CCC5(C)C4CCC21C. The van der Waals surface area contributed by atoms with Crippen molar-refractivity contribution in [2.75, 3.05) is 19.7 Å². The zero-order valence-electron chi connectivity index (χ0n) is 26.8. The van der Waals surface area contributed by atoms with Gasteiger partial charge in [-0.05, 0) is 87.0 Å². The van der Waals surface area contributed by atoms with Crippen molar-refractivity contribution in [2.45, 2.75) is 83.8 Å². The monoisotopic (exact) mass is 629 g/mol. The molecule has 0 aliphatic heterocycles. The number of allylic oxidation sites excluding steroid dienone is 4. The molecule has 2 N–H and O–H groups in total. The molecular weight excluding hydrogens is 582 g/mol. The van der Waals surface area contributed by atoms with E-state index in [1.165, 1.54) is 4.88 Å². The van der Waals surface area contributed by atoms with E-state index in [4.69, 9.17) is 4.74 Å². The van der Waals surface area contributed by atoms with Gasteiger partial charge in [0.15, 0.2) is 5.78 Å². The first-order chi connectivity index (χ1) is 21.5. The Kier molecular flexibility index (Phi) is 7.50. The number of hydrogen-bond acceptors (Lipinski definition) is 6. The summed E-state index contributed by atoms with van der Waals surface area (Å²) in [6, 6.07) is 13.7. The van der Waals surface area contributed by atoms with Gasteiger partial charge >= 0.3 is 6.09 Å². The summed E-state index contributed by atoms with van der Waals surface area (Å²) in [6.45, 7) is 7.43. The lowest BCUT2D eigenvalue weighted by atomic mass is 9.32. The van der Waals surface area contributed by atoms with Crippen molar-refractivity contribution >= 4 is 23.2 Å². The van der Waals surface area contributed by atoms with Crippen LogP contribution in [-0.2, 0) is 11.2 Å². The second kappa shape index (κ2) is 10.9. The summed E-state index contributed by atoms with van der Waals surface area (Å²) >= 11 is 1.68. The molecule has 0 saturated heterocycles. The van der Waals surface area contributed by atoms with Gasteiger partial charge in [0.25, 0.3) is 0 Å². The van der Waals surface area contributed by atoms with Gasteiger partial charge in [0.05, 0.1) is 24.9 Å². The number of hydrogen-bond donors (Lipinski definition) is 2. The van der Waals surface area contributed by atoms with Gasteiger partial charge in [0.2, 0.25) is 0 Å². The van der Waals surface area contributed by atoms with Crippen LogP contribution in [-0.4, -0.2) is 58.4 Å². The van der Waals surface area contributed by atoms with E-state index < -0.39 is 16.4 Å². The number of carbonyl (C=O) groups is 2. The van der Waals surface area contributed by atoms with Crippen LogP contribution in [0.1, 0.15) is 81.0 Å². The first kappa shape index (κ1) is 30.9. The van der Waals surface area contributed by atoms with Crippen molar-refractivity contribution < 1.29 is 24.5 Å². The lowest BCUT2D eigenvalue weighted by Crippen LogP contribution is -2.67. The quantitative estimate of drug-likeness (QED) is 0.238. The molecule has 1 aromatic carbocycles. The second-order valence-electron chi connectivity index (χ2n) is 15.0. The van der Waals surface area contributed by atoms with Gasteiger partial charge in [-0.25, -0.2) is 4.79 Å². The Morgan fingerprint density at radius 3 is 2.44 bits per heavy atom. The van der Waals surface area contributed by atoms with Crippen LogP contribution in [0.2, 0.25) is 0 Å². The maximum absolute atomic E-state index is 14.6. The number of aliphatic hydroxyl groups is 2. The molecule has 6 aliphatic carbocycles. The van der Waals surface area contributed by atoms with Crippen LogP contribution in [0.5, 0.6) is 0 Å². The van der Waals surface area contributed by atoms with Crippen LogP contribution >= 0.6 is 11.3 Å². The molecule has 8 unspecified atom stereocenters. The van der Waals surface area contributed by atoms with Gasteiger partial charge in [0.1, 0.15) is 0 Å². The van der Waals surface area contributed by atoms with E-state index in [2.05, 4.69) is 38.1 Å². The number of fused-ring (bicyclic) bond motifs is 1. The Morgan fingerprint density at radius 1 is 0.978 bits per heavy atom. The van der Waals surface area contributed by atoms with Gasteiger partial charge < -0.3 is 19.8 Å². The topological polar surface area (TPSA) is 87.1 Å². The highest BCUT2D eigenvalue weighted by Gasteiger charge is 2.74. The standard InChI is InChI=1S/C38H47NO5S/c1-4-44-33(42)39(21-15-28-11-8-22-45-28)25-37(43)18-14-31-35(37,3)17-13-30-34(2)16-12-27(40)23-36(34)19-20-38(30,31)29(24-36)32(41)26-9-6-5-7-10-26/h5-11,19-20,22,24,27,30-31,40,43H,4,12-18,21,23,25H2,1-3H3. The third-order valence-corrected chi connectivity index (χ3v) is 14.1. The molecule has 1 heterocycles. The van der Waals surface area contributed by atoms with Gasteiger partial charge in [-0.15, -0.1) is 11.3 Å². The van der Waals surface area contributed by atoms with E-state index in [9.17, 15) is 19.8 Å². The number of ether oxygens (including phenoxy) is 1. The number of Topliss-reactive ketones (excluding diaryl/α,β-unsaturated/α-hetero) is 1. The lowest BCUT2D eigenvalue weighted by molar-refractivity contribution is -0.175. The minimum atomic E-state index is -1.12. The molecule has 2 bridgehead atoms. The Morgan fingerprint density at radius 2 is 1.71 bits per heavy atom. The first-order valence-corrected chi connectivity index (χ1v) is 17.8. The van der Waals surface area contributed by atoms with Crippen molar-refractivity contribution in [3.05, 3.63) is 82.1 Å². The molecule has 7 heteroatoms. The Hall–Kier alpha value is -2.74. The number of thiophene rings is 1. The van der Waals surface area contributed by atoms with E-state index >= 15 is 0 Å². The molecule has 0 radical (unpaired) electrons. The third-order valence-electron chi connectivity index (χ3n) is 13.2. The molecule has 8 rings (SSSR count). The summed E-state index contributed by atoms with van der Waals surface area (Å²) in [7, 11) is 0. The van der Waals surface area contributed by atoms with Crippen LogP contribution in [0.4, 0.5) is 4.79 Å². The largest absolute Gasteiger partial charge is 0.450 e. The average Bonchev–Trinajstić information content (AvgIpc) is 3.65. The van der Waals surface area contributed by atoms with E-state index in [0.717, 1.165) is 37.7 Å². The van der Waals surface area contributed by atoms with E-state index in [1.807, 2.05) is 48.7 Å². The fraction of sp³-hybridized carbons (Fsp3) is 0.579. The molecule has 6 aliphatic rings. The summed E-state index contributed by atoms with van der Waals surface area (Å²) in [5.41, 5.74) is -1.05. The molecule has 3 fully saturated rings. The summed E-state index contributed by atoms with van der Waals surface area (Å²) in [5, 5.41) is 25.7. The lowest BCUT2D eigenvalue weighted by Gasteiger charge is -2.71. The number of nitrogens with zero attached hydrogens (tertiary/aromatic N) is 1. The minimum absolute atomic E-state index is 0.0345. The maximum Gasteiger partial charge on any atom is 0.409 e. The minimum Gasteiger partial charge on any atom is -0.450 e. The summed E-state index contributed by atoms with van der Waals surface area (Å²) in [4.78, 5) is 30.8. The maximum atomic E-state index is 14.6. The molecule has 3 saturated carbocycles. The number of ketones is 1. The third kappa shape index (κ3) is 4.40. The summed E-state index contributed by atoms with van der Waals surface area (Å²) in [5.74, 6) is 0.332. The van der Waals surface area contributed by atoms with Gasteiger partial charge in [0, 0.05) is 38.8 Å². The molecule has 6 nitrogen and oxygen atoms in total. The predicted molar refractivity (Wildman–Crippen MR) is 176 cm³/mol. The molecule has 1 amide bonds. The average molecular weight is 630 g/mol. The van der Waals surface area contributed by atoms with E-state index in [1.54, 1.807) is 16.2 Å². The normalized spacial score (nSPS) is 39.4. The number of aliphatic hydroxyl groups excluding tert-OH is 1. The van der Waals surface area contributed by atoms with Crippen LogP contribution in [0.25, 0.3) is 0 Å². The number of benzene rings is 1. The highest BCUT2D eigenvalue weighted by molar-refractivity contribution is 7.09. The fourth-order valence-corrected chi connectivity index (χ4v) is 11.5. The van der Waals surface area contributed by atoms with Crippen LogP contribution in [0.15, 0.2) is 71.6 Å². The number of carbonyl (C=O) groups excluding carboxylic acids is 2. The molecule has 8 atom stereocenters. The molecule has 240 valence electrons. The smallest absolute Gasteiger partial charge is 0.409 e. The Balaban J connectivity index is 1.29. The van der Waals surface area contributed by atoms with Crippen molar-refractivity contribution in [1.82, 2.24) is 4.90 Å². The summed E-state index contributed by atoms with van der Waals surface area (Å²) < 4.78 is 5.50. The summed E-state index contributed by atoms with van der Waals surface area (Å²) in [6.07, 6.45) is 12.3. The molecule has 2 aromatic rings. The van der Waals surface area contributed by atoms with Crippen molar-refractivity contribution in [3.63, 3.8) is 0 Å². The predicted octanol–water partition coefficient (Wildman–Crippen LogP) is 7.22. The van der Waals surface area contributed by atoms with Crippen LogP contribution in [0, 0.1) is 33.5 Å². The Bertz CT molecular complexity index is 1520. The number of amides is 1. The molecule has 1 aromatic heterocycles. The van der Waals surface area contributed by atoms with E-state index in [-0.39, 0.29) is 53.8 Å². The highest BCUT2D eigenvalue weighted by atomic mass is 32.1. The molecule has 2 spiro atoms. The second-order valence-corrected chi connectivity index (χ2v) is 16.0. The van der Waals surface area contributed by atoms with E-state index in [0.29, 0.717) is 31.4 Å². The van der Waals surface area contributed by atoms with Crippen molar-refractivity contribution in [2.24, 2.45) is 33.5 Å². The fourth-order valence-electron chi connectivity index (χ4n) is 10.8. The number of rotatable bonds is 8. The molecular formula is C38H47NO5S. The zero-order chi connectivity index (χ0) is 31.7. The molecule has 45 heavy (non-hydrogen) atoms. The van der Waals surface area contributed by atoms with Gasteiger partial charge in [-0.2, -0.15) is 0 Å². The highest BCUT2D eigenvalue weighted by Crippen LogP contribution is 2.78. The van der Waals surface area contributed by atoms with Crippen molar-refractivity contribution in [1.29, 1.82) is 0 Å². The van der Waals surface area contributed by atoms with Crippen LogP contribution < -0.4 is 0 Å². The van der Waals surface area contributed by atoms with Gasteiger partial charge in [-0.1, -0.05) is 68.5 Å². The van der Waals surface area contributed by atoms with Crippen molar-refractivity contribution in [3.8, 4) is 0 Å². The Labute approximate surface area is 271 Å². The van der Waals surface area contributed by atoms with Gasteiger partial charge in [-0.3, -0.25) is 4.79 Å². The zero-order valence-corrected chi connectivity index (χ0v) is 27.7.